The zero-order chi connectivity index (χ0) is 12.0. The number of hydrogen-bond acceptors (Lipinski definition) is 3. The van der Waals surface area contributed by atoms with Gasteiger partial charge in [0.05, 0.1) is 12.5 Å². The van der Waals surface area contributed by atoms with Gasteiger partial charge in [-0.1, -0.05) is 6.08 Å². The lowest BCUT2D eigenvalue weighted by Gasteiger charge is -2.31. The number of carbonyl (C=O) groups is 1. The maximum Gasteiger partial charge on any atom is 0.225 e. The lowest BCUT2D eigenvalue weighted by Crippen LogP contribution is -2.40. The first-order valence-electron chi connectivity index (χ1n) is 5.84. The molecule has 0 aromatic rings. The Balaban J connectivity index is 2.35. The summed E-state index contributed by atoms with van der Waals surface area (Å²) in [5.74, 6) is 0.719. The topological polar surface area (TPSA) is 55.6 Å². The highest BCUT2D eigenvalue weighted by Gasteiger charge is 2.22. The summed E-state index contributed by atoms with van der Waals surface area (Å²) in [4.78, 5) is 13.8. The van der Waals surface area contributed by atoms with Crippen LogP contribution in [0.2, 0.25) is 0 Å². The van der Waals surface area contributed by atoms with Crippen molar-refractivity contribution in [1.29, 1.82) is 0 Å². The molecule has 1 aliphatic rings. The molecule has 1 fully saturated rings. The van der Waals surface area contributed by atoms with Gasteiger partial charge in [-0.15, -0.1) is 6.58 Å². The van der Waals surface area contributed by atoms with Crippen LogP contribution in [0.25, 0.3) is 0 Å². The Morgan fingerprint density at radius 3 is 2.69 bits per heavy atom. The molecule has 1 rings (SSSR count). The van der Waals surface area contributed by atoms with E-state index in [2.05, 4.69) is 6.58 Å². The normalized spacial score (nSPS) is 19.5. The Hall–Kier alpha value is -0.870. The number of likely N-dealkylation sites (tertiary alicyclic amines) is 1. The lowest BCUT2D eigenvalue weighted by molar-refractivity contribution is -0.134. The van der Waals surface area contributed by atoms with Crippen molar-refractivity contribution >= 4 is 5.91 Å². The SMILES string of the molecule is C=CC1CCN(C(=O)CC(CN)OC)CC1. The molecule has 92 valence electrons. The summed E-state index contributed by atoms with van der Waals surface area (Å²) in [6.07, 6.45) is 4.28. The van der Waals surface area contributed by atoms with Crippen molar-refractivity contribution in [3.05, 3.63) is 12.7 Å². The standard InChI is InChI=1S/C12H22N2O2/c1-3-10-4-6-14(7-5-10)12(15)8-11(9-13)16-2/h3,10-11H,1,4-9,13H2,2H3. The highest BCUT2D eigenvalue weighted by molar-refractivity contribution is 5.76. The Labute approximate surface area is 97.4 Å². The molecule has 0 aromatic heterocycles. The van der Waals surface area contributed by atoms with Crippen LogP contribution in [0.4, 0.5) is 0 Å². The maximum atomic E-state index is 11.9. The van der Waals surface area contributed by atoms with Crippen LogP contribution in [0.5, 0.6) is 0 Å². The molecule has 1 atom stereocenters. The van der Waals surface area contributed by atoms with Crippen LogP contribution in [0, 0.1) is 5.92 Å². The molecule has 0 saturated carbocycles. The Morgan fingerprint density at radius 1 is 1.62 bits per heavy atom. The van der Waals surface area contributed by atoms with E-state index in [-0.39, 0.29) is 12.0 Å². The number of allylic oxidation sites excluding steroid dienone is 1. The minimum absolute atomic E-state index is 0.148. The molecule has 1 saturated heterocycles. The van der Waals surface area contributed by atoms with Crippen molar-refractivity contribution in [3.63, 3.8) is 0 Å². The van der Waals surface area contributed by atoms with Gasteiger partial charge in [0, 0.05) is 26.7 Å². The van der Waals surface area contributed by atoms with E-state index in [1.807, 2.05) is 11.0 Å². The molecule has 1 heterocycles. The molecule has 0 aromatic carbocycles. The molecular weight excluding hydrogens is 204 g/mol. The van der Waals surface area contributed by atoms with Crippen molar-refractivity contribution in [2.75, 3.05) is 26.7 Å². The van der Waals surface area contributed by atoms with Crippen molar-refractivity contribution in [2.24, 2.45) is 11.7 Å². The minimum atomic E-state index is -0.148. The monoisotopic (exact) mass is 226 g/mol. The first-order chi connectivity index (χ1) is 7.71. The summed E-state index contributed by atoms with van der Waals surface area (Å²) < 4.78 is 5.11. The summed E-state index contributed by atoms with van der Waals surface area (Å²) in [5, 5.41) is 0. The third-order valence-corrected chi connectivity index (χ3v) is 3.22. The van der Waals surface area contributed by atoms with E-state index < -0.39 is 0 Å². The number of hydrogen-bond donors (Lipinski definition) is 1. The first-order valence-corrected chi connectivity index (χ1v) is 5.84. The van der Waals surface area contributed by atoms with Crippen molar-refractivity contribution in [3.8, 4) is 0 Å². The molecule has 4 nitrogen and oxygen atoms in total. The largest absolute Gasteiger partial charge is 0.380 e. The summed E-state index contributed by atoms with van der Waals surface area (Å²) in [5.41, 5.74) is 5.50. The number of piperidine rings is 1. The summed E-state index contributed by atoms with van der Waals surface area (Å²) >= 11 is 0. The highest BCUT2D eigenvalue weighted by Crippen LogP contribution is 2.18. The molecule has 2 N–H and O–H groups in total. The number of carbonyl (C=O) groups excluding carboxylic acids is 1. The van der Waals surface area contributed by atoms with Crippen LogP contribution >= 0.6 is 0 Å². The van der Waals surface area contributed by atoms with Crippen LogP contribution in [0.1, 0.15) is 19.3 Å². The third kappa shape index (κ3) is 3.61. The molecule has 0 spiro atoms. The Kier molecular flexibility index (Phi) is 5.49. The third-order valence-electron chi connectivity index (χ3n) is 3.22. The van der Waals surface area contributed by atoms with E-state index in [9.17, 15) is 4.79 Å². The van der Waals surface area contributed by atoms with E-state index in [1.165, 1.54) is 0 Å². The Morgan fingerprint density at radius 2 is 2.25 bits per heavy atom. The van der Waals surface area contributed by atoms with E-state index >= 15 is 0 Å². The first kappa shape index (κ1) is 13.2. The van der Waals surface area contributed by atoms with Gasteiger partial charge in [0.15, 0.2) is 0 Å². The average Bonchev–Trinajstić information content (AvgIpc) is 2.35. The maximum absolute atomic E-state index is 11.9. The lowest BCUT2D eigenvalue weighted by atomic mass is 9.97. The van der Waals surface area contributed by atoms with Crippen molar-refractivity contribution in [1.82, 2.24) is 4.90 Å². The molecule has 0 aliphatic carbocycles. The summed E-state index contributed by atoms with van der Waals surface area (Å²) in [6.45, 7) is 5.84. The fourth-order valence-electron chi connectivity index (χ4n) is 1.97. The fourth-order valence-corrected chi connectivity index (χ4v) is 1.97. The second kappa shape index (κ2) is 6.66. The van der Waals surface area contributed by atoms with Gasteiger partial charge >= 0.3 is 0 Å². The van der Waals surface area contributed by atoms with Crippen LogP contribution in [-0.2, 0) is 9.53 Å². The fraction of sp³-hybridized carbons (Fsp3) is 0.750. The molecule has 1 unspecified atom stereocenters. The van der Waals surface area contributed by atoms with Gasteiger partial charge in [-0.25, -0.2) is 0 Å². The van der Waals surface area contributed by atoms with Crippen LogP contribution in [0.3, 0.4) is 0 Å². The van der Waals surface area contributed by atoms with Gasteiger partial charge in [-0.05, 0) is 18.8 Å². The molecule has 4 heteroatoms. The number of amides is 1. The molecular formula is C12H22N2O2. The molecule has 1 amide bonds. The van der Waals surface area contributed by atoms with Gasteiger partial charge in [-0.3, -0.25) is 4.79 Å². The quantitative estimate of drug-likeness (QED) is 0.705. The minimum Gasteiger partial charge on any atom is -0.380 e. The summed E-state index contributed by atoms with van der Waals surface area (Å²) in [7, 11) is 1.59. The number of rotatable bonds is 5. The number of methoxy groups -OCH3 is 1. The smallest absolute Gasteiger partial charge is 0.225 e. The molecule has 0 radical (unpaired) electrons. The van der Waals surface area contributed by atoms with Crippen molar-refractivity contribution in [2.45, 2.75) is 25.4 Å². The second-order valence-electron chi connectivity index (χ2n) is 4.25. The second-order valence-corrected chi connectivity index (χ2v) is 4.25. The van der Waals surface area contributed by atoms with E-state index in [4.69, 9.17) is 10.5 Å². The molecule has 1 aliphatic heterocycles. The van der Waals surface area contributed by atoms with Gasteiger partial charge in [0.2, 0.25) is 5.91 Å². The Bertz CT molecular complexity index is 231. The molecule has 16 heavy (non-hydrogen) atoms. The number of nitrogens with two attached hydrogens (primary N) is 1. The number of ether oxygens (including phenoxy) is 1. The van der Waals surface area contributed by atoms with Gasteiger partial charge in [-0.2, -0.15) is 0 Å². The van der Waals surface area contributed by atoms with Gasteiger partial charge in [0.1, 0.15) is 0 Å². The zero-order valence-electron chi connectivity index (χ0n) is 10.0. The zero-order valence-corrected chi connectivity index (χ0v) is 10.0. The highest BCUT2D eigenvalue weighted by atomic mass is 16.5. The van der Waals surface area contributed by atoms with E-state index in [0.29, 0.717) is 18.9 Å². The van der Waals surface area contributed by atoms with E-state index in [1.54, 1.807) is 7.11 Å². The molecule has 0 bridgehead atoms. The van der Waals surface area contributed by atoms with Crippen molar-refractivity contribution < 1.29 is 9.53 Å². The van der Waals surface area contributed by atoms with Gasteiger partial charge < -0.3 is 15.4 Å². The van der Waals surface area contributed by atoms with Crippen LogP contribution in [-0.4, -0.2) is 43.7 Å². The average molecular weight is 226 g/mol. The number of nitrogens with zero attached hydrogens (tertiary/aromatic N) is 1. The predicted molar refractivity (Wildman–Crippen MR) is 64.0 cm³/mol. The summed E-state index contributed by atoms with van der Waals surface area (Å²) in [6, 6.07) is 0. The predicted octanol–water partition coefficient (Wildman–Crippen LogP) is 0.775. The van der Waals surface area contributed by atoms with Gasteiger partial charge in [0.25, 0.3) is 0 Å². The van der Waals surface area contributed by atoms with E-state index in [0.717, 1.165) is 25.9 Å². The van der Waals surface area contributed by atoms with Crippen LogP contribution < -0.4 is 5.73 Å². The van der Waals surface area contributed by atoms with Crippen LogP contribution in [0.15, 0.2) is 12.7 Å².